The van der Waals surface area contributed by atoms with E-state index in [-0.39, 0.29) is 0 Å². The molecule has 1 aliphatic rings. The fourth-order valence-electron chi connectivity index (χ4n) is 2.27. The van der Waals surface area contributed by atoms with Crippen molar-refractivity contribution in [2.24, 2.45) is 11.7 Å². The first-order valence-electron chi connectivity index (χ1n) is 6.17. The summed E-state index contributed by atoms with van der Waals surface area (Å²) >= 11 is 0. The molecule has 0 aromatic rings. The molecule has 1 fully saturated rings. The minimum atomic E-state index is 0.405. The molecule has 3 unspecified atom stereocenters. The van der Waals surface area contributed by atoms with E-state index < -0.39 is 0 Å². The van der Waals surface area contributed by atoms with Crippen molar-refractivity contribution >= 4 is 0 Å². The van der Waals surface area contributed by atoms with Crippen LogP contribution < -0.4 is 5.73 Å². The second-order valence-electron chi connectivity index (χ2n) is 4.90. The summed E-state index contributed by atoms with van der Waals surface area (Å²) in [6.45, 7) is 7.31. The molecule has 1 heterocycles. The predicted octanol–water partition coefficient (Wildman–Crippen LogP) is 1.47. The fraction of sp³-hybridized carbons (Fsp3) is 1.00. The third-order valence-corrected chi connectivity index (χ3v) is 3.51. The minimum absolute atomic E-state index is 0.405. The summed E-state index contributed by atoms with van der Waals surface area (Å²) in [6, 6.07) is 0.623. The number of hydrogen-bond acceptors (Lipinski definition) is 3. The molecule has 3 nitrogen and oxygen atoms in total. The maximum absolute atomic E-state index is 5.60. The van der Waals surface area contributed by atoms with Gasteiger partial charge in [-0.05, 0) is 52.2 Å². The van der Waals surface area contributed by atoms with Gasteiger partial charge in [0.25, 0.3) is 0 Å². The molecule has 3 heteroatoms. The average Bonchev–Trinajstić information content (AvgIpc) is 2.64. The van der Waals surface area contributed by atoms with Crippen molar-refractivity contribution in [3.63, 3.8) is 0 Å². The van der Waals surface area contributed by atoms with Gasteiger partial charge in [-0.2, -0.15) is 0 Å². The zero-order valence-electron chi connectivity index (χ0n) is 10.4. The van der Waals surface area contributed by atoms with Gasteiger partial charge < -0.3 is 15.4 Å². The van der Waals surface area contributed by atoms with Crippen molar-refractivity contribution in [3.8, 4) is 0 Å². The standard InChI is InChI=1S/C12H26N2O/c1-10(9-13)5-4-7-14(3)12-6-8-15-11(12)2/h10-12H,4-9,13H2,1-3H3. The Labute approximate surface area is 94.0 Å². The van der Waals surface area contributed by atoms with Gasteiger partial charge in [0.15, 0.2) is 0 Å². The van der Waals surface area contributed by atoms with Crippen LogP contribution in [-0.2, 0) is 4.74 Å². The van der Waals surface area contributed by atoms with Gasteiger partial charge >= 0.3 is 0 Å². The van der Waals surface area contributed by atoms with Gasteiger partial charge in [-0.25, -0.2) is 0 Å². The van der Waals surface area contributed by atoms with Crippen LogP contribution in [0.5, 0.6) is 0 Å². The normalized spacial score (nSPS) is 28.6. The lowest BCUT2D eigenvalue weighted by Crippen LogP contribution is -2.37. The van der Waals surface area contributed by atoms with E-state index in [1.165, 1.54) is 25.8 Å². The van der Waals surface area contributed by atoms with Gasteiger partial charge in [-0.1, -0.05) is 6.92 Å². The van der Waals surface area contributed by atoms with Crippen molar-refractivity contribution in [1.82, 2.24) is 4.90 Å². The molecular formula is C12H26N2O. The van der Waals surface area contributed by atoms with E-state index in [1.807, 2.05) is 0 Å². The third-order valence-electron chi connectivity index (χ3n) is 3.51. The largest absolute Gasteiger partial charge is 0.377 e. The Morgan fingerprint density at radius 2 is 2.27 bits per heavy atom. The quantitative estimate of drug-likeness (QED) is 0.727. The Morgan fingerprint density at radius 3 is 2.80 bits per heavy atom. The number of hydrogen-bond donors (Lipinski definition) is 1. The summed E-state index contributed by atoms with van der Waals surface area (Å²) in [5.74, 6) is 0.663. The van der Waals surface area contributed by atoms with Crippen molar-refractivity contribution in [1.29, 1.82) is 0 Å². The van der Waals surface area contributed by atoms with Gasteiger partial charge in [-0.3, -0.25) is 0 Å². The van der Waals surface area contributed by atoms with Gasteiger partial charge in [0, 0.05) is 12.6 Å². The first-order chi connectivity index (χ1) is 7.15. The molecule has 2 N–H and O–H groups in total. The van der Waals surface area contributed by atoms with E-state index in [1.54, 1.807) is 0 Å². The lowest BCUT2D eigenvalue weighted by atomic mass is 10.0. The molecule has 90 valence electrons. The summed E-state index contributed by atoms with van der Waals surface area (Å²) in [5.41, 5.74) is 5.60. The zero-order valence-corrected chi connectivity index (χ0v) is 10.4. The Morgan fingerprint density at radius 1 is 1.53 bits per heavy atom. The van der Waals surface area contributed by atoms with Crippen molar-refractivity contribution < 1.29 is 4.74 Å². The second kappa shape index (κ2) is 6.46. The van der Waals surface area contributed by atoms with Crippen molar-refractivity contribution in [3.05, 3.63) is 0 Å². The molecule has 0 aromatic heterocycles. The van der Waals surface area contributed by atoms with Gasteiger partial charge in [0.05, 0.1) is 6.10 Å². The lowest BCUT2D eigenvalue weighted by Gasteiger charge is -2.26. The lowest BCUT2D eigenvalue weighted by molar-refractivity contribution is 0.0828. The maximum Gasteiger partial charge on any atom is 0.0702 e. The van der Waals surface area contributed by atoms with Crippen LogP contribution in [0, 0.1) is 5.92 Å². The molecular weight excluding hydrogens is 188 g/mol. The molecule has 0 saturated carbocycles. The number of nitrogens with zero attached hydrogens (tertiary/aromatic N) is 1. The van der Waals surface area contributed by atoms with E-state index in [2.05, 4.69) is 25.8 Å². The SMILES string of the molecule is CC(CN)CCCN(C)C1CCOC1C. The Balaban J connectivity index is 2.15. The van der Waals surface area contributed by atoms with Gasteiger partial charge in [0.2, 0.25) is 0 Å². The van der Waals surface area contributed by atoms with Crippen LogP contribution in [0.4, 0.5) is 0 Å². The molecule has 0 aliphatic carbocycles. The monoisotopic (exact) mass is 214 g/mol. The summed E-state index contributed by atoms with van der Waals surface area (Å²) in [7, 11) is 2.21. The Hall–Kier alpha value is -0.120. The van der Waals surface area contributed by atoms with E-state index in [0.717, 1.165) is 13.2 Å². The zero-order chi connectivity index (χ0) is 11.3. The Kier molecular flexibility index (Phi) is 5.58. The highest BCUT2D eigenvalue weighted by Gasteiger charge is 2.27. The van der Waals surface area contributed by atoms with E-state index in [0.29, 0.717) is 18.1 Å². The molecule has 0 amide bonds. The highest BCUT2D eigenvalue weighted by atomic mass is 16.5. The molecule has 0 bridgehead atoms. The molecule has 1 saturated heterocycles. The summed E-state index contributed by atoms with van der Waals surface area (Å²) < 4.78 is 5.57. The third kappa shape index (κ3) is 4.09. The number of rotatable bonds is 6. The highest BCUT2D eigenvalue weighted by molar-refractivity contribution is 4.80. The van der Waals surface area contributed by atoms with Crippen LogP contribution in [0.2, 0.25) is 0 Å². The first kappa shape index (κ1) is 12.9. The maximum atomic E-state index is 5.60. The number of nitrogens with two attached hydrogens (primary N) is 1. The van der Waals surface area contributed by atoms with E-state index in [4.69, 9.17) is 10.5 Å². The Bertz CT molecular complexity index is 175. The minimum Gasteiger partial charge on any atom is -0.377 e. The molecule has 1 rings (SSSR count). The highest BCUT2D eigenvalue weighted by Crippen LogP contribution is 2.18. The van der Waals surface area contributed by atoms with E-state index in [9.17, 15) is 0 Å². The first-order valence-corrected chi connectivity index (χ1v) is 6.17. The average molecular weight is 214 g/mol. The van der Waals surface area contributed by atoms with Gasteiger partial charge in [0.1, 0.15) is 0 Å². The predicted molar refractivity (Wildman–Crippen MR) is 63.9 cm³/mol. The second-order valence-corrected chi connectivity index (χ2v) is 4.90. The number of ether oxygens (including phenoxy) is 1. The van der Waals surface area contributed by atoms with Crippen molar-refractivity contribution in [2.75, 3.05) is 26.7 Å². The van der Waals surface area contributed by atoms with Crippen LogP contribution in [0.1, 0.15) is 33.1 Å². The summed E-state index contributed by atoms with van der Waals surface area (Å²) in [4.78, 5) is 2.45. The smallest absolute Gasteiger partial charge is 0.0702 e. The van der Waals surface area contributed by atoms with Crippen LogP contribution in [0.3, 0.4) is 0 Å². The molecule has 0 radical (unpaired) electrons. The van der Waals surface area contributed by atoms with Gasteiger partial charge in [-0.15, -0.1) is 0 Å². The topological polar surface area (TPSA) is 38.5 Å². The van der Waals surface area contributed by atoms with Crippen LogP contribution >= 0.6 is 0 Å². The van der Waals surface area contributed by atoms with Crippen LogP contribution in [-0.4, -0.2) is 43.8 Å². The molecule has 15 heavy (non-hydrogen) atoms. The molecule has 0 aromatic carbocycles. The summed E-state index contributed by atoms with van der Waals surface area (Å²) in [6.07, 6.45) is 4.08. The number of likely N-dealkylation sites (N-methyl/N-ethyl adjacent to an activating group) is 1. The molecule has 1 aliphatic heterocycles. The van der Waals surface area contributed by atoms with E-state index >= 15 is 0 Å². The van der Waals surface area contributed by atoms with Crippen molar-refractivity contribution in [2.45, 2.75) is 45.3 Å². The fourth-order valence-corrected chi connectivity index (χ4v) is 2.27. The summed E-state index contributed by atoms with van der Waals surface area (Å²) in [5, 5.41) is 0. The van der Waals surface area contributed by atoms with Crippen LogP contribution in [0.15, 0.2) is 0 Å². The van der Waals surface area contributed by atoms with Crippen LogP contribution in [0.25, 0.3) is 0 Å². The molecule has 0 spiro atoms. The molecule has 3 atom stereocenters.